The number of sulfonamides is 1. The molecule has 0 aliphatic carbocycles. The number of halogens is 1. The summed E-state index contributed by atoms with van der Waals surface area (Å²) in [6.45, 7) is 1.35. The Kier molecular flexibility index (Phi) is 6.36. The number of benzene rings is 1. The molecule has 2 aromatic heterocycles. The number of nitrogen functional groups attached to an aromatic ring is 1. The number of aryl methyl sites for hydroxylation is 1. The molecule has 0 radical (unpaired) electrons. The molecule has 4 rings (SSSR count). The normalized spacial score (nSPS) is 13.5. The molecular weight excluding hydrogens is 539 g/mol. The number of ether oxygens (including phenoxy) is 1. The van der Waals surface area contributed by atoms with Crippen LogP contribution in [0.25, 0.3) is 11.2 Å². The number of fused-ring (bicyclic) bond motifs is 2. The average Bonchev–Trinajstić information content (AvgIpc) is 3.26. The van der Waals surface area contributed by atoms with Gasteiger partial charge in [-0.3, -0.25) is 0 Å². The van der Waals surface area contributed by atoms with Crippen LogP contribution in [0.3, 0.4) is 0 Å². The van der Waals surface area contributed by atoms with Crippen LogP contribution in [0, 0.1) is 3.57 Å². The summed E-state index contributed by atoms with van der Waals surface area (Å²) in [6.07, 6.45) is 4.36. The molecular formula is C18H21IN6O3S2. The summed E-state index contributed by atoms with van der Waals surface area (Å²) < 4.78 is 31.0. The third kappa shape index (κ3) is 4.81. The van der Waals surface area contributed by atoms with Crippen LogP contribution in [0.5, 0.6) is 5.75 Å². The smallest absolute Gasteiger partial charge is 0.209 e. The fourth-order valence-corrected chi connectivity index (χ4v) is 5.67. The standard InChI is InChI=1S/C18H21IN6O3S2/c19-12-9-13-11(4-6-28-13)8-14(12)29-18-24-15-16(20)22-10-23-17(15)25(18)5-2-1-3-7-30(21,26)27/h8-10H,1-7H2,(H2,20,22,23)(H2,21,26,27). The number of unbranched alkanes of at least 4 members (excludes halogenated alkanes) is 2. The maximum absolute atomic E-state index is 11.1. The van der Waals surface area contributed by atoms with Gasteiger partial charge in [-0.1, -0.05) is 18.2 Å². The van der Waals surface area contributed by atoms with Crippen LogP contribution < -0.4 is 15.6 Å². The van der Waals surface area contributed by atoms with Crippen molar-refractivity contribution in [2.45, 2.75) is 42.3 Å². The van der Waals surface area contributed by atoms with Crippen LogP contribution in [0.4, 0.5) is 5.82 Å². The van der Waals surface area contributed by atoms with Gasteiger partial charge in [0.05, 0.1) is 12.4 Å². The maximum atomic E-state index is 11.1. The van der Waals surface area contributed by atoms with Gasteiger partial charge in [-0.25, -0.2) is 28.5 Å². The van der Waals surface area contributed by atoms with Crippen LogP contribution >= 0.6 is 34.4 Å². The highest BCUT2D eigenvalue weighted by Gasteiger charge is 2.20. The first-order valence-corrected chi connectivity index (χ1v) is 13.0. The Labute approximate surface area is 192 Å². The summed E-state index contributed by atoms with van der Waals surface area (Å²) >= 11 is 3.86. The lowest BCUT2D eigenvalue weighted by Crippen LogP contribution is -2.16. The lowest BCUT2D eigenvalue weighted by molar-refractivity contribution is 0.356. The first-order chi connectivity index (χ1) is 14.3. The van der Waals surface area contributed by atoms with Gasteiger partial charge in [0.1, 0.15) is 12.1 Å². The summed E-state index contributed by atoms with van der Waals surface area (Å²) in [7, 11) is -3.43. The molecule has 0 saturated carbocycles. The number of aromatic nitrogens is 4. The predicted molar refractivity (Wildman–Crippen MR) is 124 cm³/mol. The molecule has 12 heteroatoms. The van der Waals surface area contributed by atoms with Crippen molar-refractivity contribution in [1.29, 1.82) is 0 Å². The number of anilines is 1. The molecule has 4 N–H and O–H groups in total. The molecule has 0 saturated heterocycles. The number of hydrogen-bond donors (Lipinski definition) is 2. The average molecular weight is 560 g/mol. The Bertz CT molecular complexity index is 1200. The first kappa shape index (κ1) is 21.6. The van der Waals surface area contributed by atoms with Crippen molar-refractivity contribution in [2.24, 2.45) is 5.14 Å². The highest BCUT2D eigenvalue weighted by atomic mass is 127. The Morgan fingerprint density at radius 3 is 2.87 bits per heavy atom. The molecule has 1 aliphatic heterocycles. The fourth-order valence-electron chi connectivity index (χ4n) is 3.32. The third-order valence-corrected chi connectivity index (χ3v) is 7.95. The van der Waals surface area contributed by atoms with E-state index in [0.717, 1.165) is 38.6 Å². The zero-order valence-corrected chi connectivity index (χ0v) is 19.8. The number of imidazole rings is 1. The number of nitrogens with two attached hydrogens (primary N) is 2. The van der Waals surface area contributed by atoms with E-state index < -0.39 is 10.0 Å². The van der Waals surface area contributed by atoms with Gasteiger partial charge in [-0.15, -0.1) is 0 Å². The SMILES string of the molecule is Nc1ncnc2c1nc(Sc1cc3c(cc1I)OCC3)n2CCCCCS(N)(=O)=O. The van der Waals surface area contributed by atoms with Gasteiger partial charge in [-0.2, -0.15) is 0 Å². The summed E-state index contributed by atoms with van der Waals surface area (Å²) in [5, 5.41) is 5.86. The first-order valence-electron chi connectivity index (χ1n) is 9.42. The van der Waals surface area contributed by atoms with E-state index in [4.69, 9.17) is 20.6 Å². The number of rotatable bonds is 8. The highest BCUT2D eigenvalue weighted by Crippen LogP contribution is 2.38. The van der Waals surface area contributed by atoms with Gasteiger partial charge in [-0.05, 0) is 53.1 Å². The summed E-state index contributed by atoms with van der Waals surface area (Å²) in [5.41, 5.74) is 8.47. The van der Waals surface area contributed by atoms with Crippen LogP contribution in [0.15, 0.2) is 28.5 Å². The van der Waals surface area contributed by atoms with Crippen LogP contribution in [0.2, 0.25) is 0 Å². The van der Waals surface area contributed by atoms with Gasteiger partial charge >= 0.3 is 0 Å². The molecule has 0 bridgehead atoms. The molecule has 0 fully saturated rings. The van der Waals surface area contributed by atoms with Gasteiger partial charge in [0.2, 0.25) is 10.0 Å². The van der Waals surface area contributed by atoms with Crippen molar-refractivity contribution in [3.63, 3.8) is 0 Å². The lowest BCUT2D eigenvalue weighted by Gasteiger charge is -2.10. The molecule has 160 valence electrons. The Hall–Kier alpha value is -1.64. The zero-order valence-electron chi connectivity index (χ0n) is 16.0. The molecule has 0 unspecified atom stereocenters. The molecule has 3 aromatic rings. The molecule has 0 atom stereocenters. The van der Waals surface area contributed by atoms with E-state index in [2.05, 4.69) is 44.7 Å². The largest absolute Gasteiger partial charge is 0.493 e. The topological polar surface area (TPSA) is 139 Å². The Morgan fingerprint density at radius 2 is 2.07 bits per heavy atom. The van der Waals surface area contributed by atoms with Crippen molar-refractivity contribution in [3.05, 3.63) is 27.6 Å². The van der Waals surface area contributed by atoms with Crippen LogP contribution in [-0.4, -0.2) is 40.3 Å². The third-order valence-electron chi connectivity index (χ3n) is 4.78. The van der Waals surface area contributed by atoms with Crippen molar-refractivity contribution in [1.82, 2.24) is 19.5 Å². The monoisotopic (exact) mass is 560 g/mol. The molecule has 30 heavy (non-hydrogen) atoms. The second kappa shape index (κ2) is 8.85. The summed E-state index contributed by atoms with van der Waals surface area (Å²) in [6, 6.07) is 4.21. The van der Waals surface area contributed by atoms with Gasteiger partial charge in [0, 0.05) is 21.4 Å². The Balaban J connectivity index is 1.59. The Morgan fingerprint density at radius 1 is 1.23 bits per heavy atom. The lowest BCUT2D eigenvalue weighted by atomic mass is 10.2. The van der Waals surface area contributed by atoms with E-state index in [1.165, 1.54) is 11.9 Å². The molecule has 9 nitrogen and oxygen atoms in total. The van der Waals surface area contributed by atoms with Crippen LogP contribution in [0.1, 0.15) is 24.8 Å². The maximum Gasteiger partial charge on any atom is 0.209 e. The van der Waals surface area contributed by atoms with Crippen LogP contribution in [-0.2, 0) is 23.0 Å². The van der Waals surface area contributed by atoms with Crippen molar-refractivity contribution < 1.29 is 13.2 Å². The van der Waals surface area contributed by atoms with E-state index in [1.807, 2.05) is 4.57 Å². The highest BCUT2D eigenvalue weighted by molar-refractivity contribution is 14.1. The second-order valence-corrected chi connectivity index (χ2v) is 10.9. The van der Waals surface area contributed by atoms with E-state index >= 15 is 0 Å². The molecule has 0 amide bonds. The minimum Gasteiger partial charge on any atom is -0.493 e. The minimum atomic E-state index is -3.43. The molecule has 0 spiro atoms. The van der Waals surface area contributed by atoms with Crippen molar-refractivity contribution in [3.8, 4) is 5.75 Å². The quantitative estimate of drug-likeness (QED) is 0.317. The summed E-state index contributed by atoms with van der Waals surface area (Å²) in [5.74, 6) is 1.28. The van der Waals surface area contributed by atoms with E-state index in [-0.39, 0.29) is 5.75 Å². The van der Waals surface area contributed by atoms with Gasteiger partial charge in [0.25, 0.3) is 0 Å². The zero-order chi connectivity index (χ0) is 21.3. The van der Waals surface area contributed by atoms with Gasteiger partial charge in [0.15, 0.2) is 22.1 Å². The van der Waals surface area contributed by atoms with Crippen molar-refractivity contribution in [2.75, 3.05) is 18.1 Å². The number of nitrogens with zero attached hydrogens (tertiary/aromatic N) is 4. The van der Waals surface area contributed by atoms with E-state index in [9.17, 15) is 8.42 Å². The molecule has 3 heterocycles. The fraction of sp³-hybridized carbons (Fsp3) is 0.389. The van der Waals surface area contributed by atoms with E-state index in [0.29, 0.717) is 36.6 Å². The minimum absolute atomic E-state index is 0.0101. The van der Waals surface area contributed by atoms with Gasteiger partial charge < -0.3 is 15.0 Å². The molecule has 1 aliphatic rings. The number of hydrogen-bond acceptors (Lipinski definition) is 8. The predicted octanol–water partition coefficient (Wildman–Crippen LogP) is 2.56. The van der Waals surface area contributed by atoms with Crippen molar-refractivity contribution >= 4 is 61.4 Å². The summed E-state index contributed by atoms with van der Waals surface area (Å²) in [4.78, 5) is 14.2. The van der Waals surface area contributed by atoms with E-state index in [1.54, 1.807) is 11.8 Å². The molecule has 1 aromatic carbocycles. The number of primary sulfonamides is 1. The second-order valence-electron chi connectivity index (χ2n) is 7.00.